The third-order valence-corrected chi connectivity index (χ3v) is 4.13. The van der Waals surface area contributed by atoms with Crippen LogP contribution in [0.5, 0.6) is 0 Å². The van der Waals surface area contributed by atoms with Crippen molar-refractivity contribution in [3.63, 3.8) is 0 Å². The van der Waals surface area contributed by atoms with Gasteiger partial charge in [-0.15, -0.1) is 24.8 Å². The summed E-state index contributed by atoms with van der Waals surface area (Å²) in [5.74, 6) is -0.302. The number of hydrogen-bond donors (Lipinski definition) is 2. The highest BCUT2D eigenvalue weighted by Crippen LogP contribution is 2.18. The lowest BCUT2D eigenvalue weighted by molar-refractivity contribution is -0.129. The van der Waals surface area contributed by atoms with Crippen molar-refractivity contribution in [2.24, 2.45) is 11.7 Å². The summed E-state index contributed by atoms with van der Waals surface area (Å²) in [6.45, 7) is 2.35. The van der Waals surface area contributed by atoms with Gasteiger partial charge in [-0.05, 0) is 19.7 Å². The molecule has 0 aliphatic carbocycles. The first-order valence-electron chi connectivity index (χ1n) is 7.98. The molecule has 0 saturated carbocycles. The first-order chi connectivity index (χ1) is 11.0. The summed E-state index contributed by atoms with van der Waals surface area (Å²) >= 11 is 0. The second-order valence-corrected chi connectivity index (χ2v) is 6.31. The molecule has 0 bridgehead atoms. The van der Waals surface area contributed by atoms with Crippen LogP contribution in [0.4, 0.5) is 0 Å². The zero-order valence-electron chi connectivity index (χ0n) is 14.7. The summed E-state index contributed by atoms with van der Waals surface area (Å²) in [7, 11) is 3.94. The fourth-order valence-corrected chi connectivity index (χ4v) is 2.66. The summed E-state index contributed by atoms with van der Waals surface area (Å²) in [6.07, 6.45) is 0.292. The molecule has 142 valence electrons. The Balaban J connectivity index is 0.00000288. The molecule has 1 aromatic rings. The van der Waals surface area contributed by atoms with E-state index in [0.29, 0.717) is 26.1 Å². The Labute approximate surface area is 161 Å². The van der Waals surface area contributed by atoms with Gasteiger partial charge in [0.15, 0.2) is 0 Å². The van der Waals surface area contributed by atoms with Crippen LogP contribution in [-0.4, -0.2) is 61.9 Å². The van der Waals surface area contributed by atoms with E-state index in [0.717, 1.165) is 12.1 Å². The van der Waals surface area contributed by atoms with Gasteiger partial charge in [0.05, 0.1) is 5.92 Å². The van der Waals surface area contributed by atoms with Crippen LogP contribution in [0.2, 0.25) is 0 Å². The Morgan fingerprint density at radius 2 is 1.96 bits per heavy atom. The molecule has 3 N–H and O–H groups in total. The monoisotopic (exact) mass is 390 g/mol. The van der Waals surface area contributed by atoms with E-state index in [1.807, 2.05) is 49.3 Å². The first-order valence-corrected chi connectivity index (χ1v) is 7.98. The number of likely N-dealkylation sites (N-methyl/N-ethyl adjacent to an activating group) is 1. The van der Waals surface area contributed by atoms with Gasteiger partial charge >= 0.3 is 0 Å². The van der Waals surface area contributed by atoms with Crippen molar-refractivity contribution in [3.8, 4) is 0 Å². The zero-order valence-corrected chi connectivity index (χ0v) is 16.3. The van der Waals surface area contributed by atoms with E-state index in [1.54, 1.807) is 4.90 Å². The van der Waals surface area contributed by atoms with Crippen molar-refractivity contribution in [3.05, 3.63) is 35.9 Å². The Morgan fingerprint density at radius 1 is 1.32 bits per heavy atom. The highest BCUT2D eigenvalue weighted by Gasteiger charge is 2.33. The lowest BCUT2D eigenvalue weighted by Crippen LogP contribution is -2.38. The third-order valence-electron chi connectivity index (χ3n) is 4.13. The number of halogens is 2. The predicted molar refractivity (Wildman–Crippen MR) is 104 cm³/mol. The van der Waals surface area contributed by atoms with Gasteiger partial charge < -0.3 is 20.9 Å². The molecule has 0 radical (unpaired) electrons. The molecule has 1 aliphatic rings. The number of benzene rings is 1. The van der Waals surface area contributed by atoms with Gasteiger partial charge in [-0.1, -0.05) is 30.3 Å². The molecule has 2 amide bonds. The fourth-order valence-electron chi connectivity index (χ4n) is 2.66. The van der Waals surface area contributed by atoms with Crippen LogP contribution in [0.15, 0.2) is 30.3 Å². The molecule has 1 saturated heterocycles. The minimum Gasteiger partial charge on any atom is -0.354 e. The largest absolute Gasteiger partial charge is 0.354 e. The SMILES string of the molecule is CN(C)CCN1CC(C(=O)NCC(N)c2ccccc2)CC1=O.Cl.Cl. The standard InChI is InChI=1S/C17H26N4O2.2ClH/c1-20(2)8-9-21-12-14(10-16(21)22)17(23)19-11-15(18)13-6-4-3-5-7-13;;/h3-7,14-15H,8-12,18H2,1-2H3,(H,19,23);2*1H. The third kappa shape index (κ3) is 7.20. The Bertz CT molecular complexity index is 543. The molecule has 6 nitrogen and oxygen atoms in total. The van der Waals surface area contributed by atoms with Crippen LogP contribution in [0.1, 0.15) is 18.0 Å². The molecule has 0 aromatic heterocycles. The van der Waals surface area contributed by atoms with Gasteiger partial charge in [-0.25, -0.2) is 0 Å². The summed E-state index contributed by atoms with van der Waals surface area (Å²) in [6, 6.07) is 9.44. The maximum absolute atomic E-state index is 12.3. The quantitative estimate of drug-likeness (QED) is 0.729. The van der Waals surface area contributed by atoms with Crippen molar-refractivity contribution < 1.29 is 9.59 Å². The van der Waals surface area contributed by atoms with Crippen molar-refractivity contribution in [1.29, 1.82) is 0 Å². The number of nitrogens with two attached hydrogens (primary N) is 1. The smallest absolute Gasteiger partial charge is 0.225 e. The summed E-state index contributed by atoms with van der Waals surface area (Å²) in [4.78, 5) is 28.0. The predicted octanol–water partition coefficient (Wildman–Crippen LogP) is 1.06. The van der Waals surface area contributed by atoms with E-state index < -0.39 is 0 Å². The maximum Gasteiger partial charge on any atom is 0.225 e. The number of amides is 2. The molecule has 0 spiro atoms. The number of hydrogen-bond acceptors (Lipinski definition) is 4. The van der Waals surface area contributed by atoms with Crippen molar-refractivity contribution in [2.75, 3.05) is 40.3 Å². The van der Waals surface area contributed by atoms with Crippen molar-refractivity contribution in [1.82, 2.24) is 15.1 Å². The second-order valence-electron chi connectivity index (χ2n) is 6.31. The van der Waals surface area contributed by atoms with Crippen molar-refractivity contribution in [2.45, 2.75) is 12.5 Å². The number of likely N-dealkylation sites (tertiary alicyclic amines) is 1. The van der Waals surface area contributed by atoms with Crippen LogP contribution in [0.25, 0.3) is 0 Å². The normalized spacial score (nSPS) is 17.7. The van der Waals surface area contributed by atoms with E-state index in [-0.39, 0.29) is 48.6 Å². The highest BCUT2D eigenvalue weighted by molar-refractivity contribution is 5.89. The topological polar surface area (TPSA) is 78.7 Å². The maximum atomic E-state index is 12.3. The van der Waals surface area contributed by atoms with E-state index >= 15 is 0 Å². The molecule has 2 unspecified atom stereocenters. The zero-order chi connectivity index (χ0) is 16.8. The summed E-state index contributed by atoms with van der Waals surface area (Å²) < 4.78 is 0. The minimum atomic E-state index is -0.271. The average Bonchev–Trinajstić information content (AvgIpc) is 2.92. The molecule has 8 heteroatoms. The lowest BCUT2D eigenvalue weighted by Gasteiger charge is -2.19. The van der Waals surface area contributed by atoms with Crippen LogP contribution in [0.3, 0.4) is 0 Å². The van der Waals surface area contributed by atoms with Crippen LogP contribution < -0.4 is 11.1 Å². The van der Waals surface area contributed by atoms with Crippen LogP contribution in [-0.2, 0) is 9.59 Å². The number of nitrogens with zero attached hydrogens (tertiary/aromatic N) is 2. The van der Waals surface area contributed by atoms with E-state index in [4.69, 9.17) is 5.73 Å². The number of carbonyl (C=O) groups excluding carboxylic acids is 2. The van der Waals surface area contributed by atoms with E-state index in [1.165, 1.54) is 0 Å². The number of rotatable bonds is 7. The molecule has 2 rings (SSSR count). The molecule has 2 atom stereocenters. The lowest BCUT2D eigenvalue weighted by atomic mass is 10.1. The molecule has 1 aromatic carbocycles. The Kier molecular flexibility index (Phi) is 10.7. The van der Waals surface area contributed by atoms with Gasteiger partial charge in [0.1, 0.15) is 0 Å². The molecular weight excluding hydrogens is 363 g/mol. The van der Waals surface area contributed by atoms with Gasteiger partial charge in [0, 0.05) is 38.6 Å². The number of carbonyl (C=O) groups is 2. The Hall–Kier alpha value is -1.34. The van der Waals surface area contributed by atoms with Crippen LogP contribution in [0, 0.1) is 5.92 Å². The molecule has 25 heavy (non-hydrogen) atoms. The second kappa shape index (κ2) is 11.3. The van der Waals surface area contributed by atoms with Gasteiger partial charge in [-0.3, -0.25) is 9.59 Å². The first kappa shape index (κ1) is 23.7. The highest BCUT2D eigenvalue weighted by atomic mass is 35.5. The van der Waals surface area contributed by atoms with Gasteiger partial charge in [0.2, 0.25) is 11.8 Å². The van der Waals surface area contributed by atoms with Gasteiger partial charge in [0.25, 0.3) is 0 Å². The van der Waals surface area contributed by atoms with Gasteiger partial charge in [-0.2, -0.15) is 0 Å². The van der Waals surface area contributed by atoms with E-state index in [2.05, 4.69) is 5.32 Å². The summed E-state index contributed by atoms with van der Waals surface area (Å²) in [5, 5.41) is 2.88. The fraction of sp³-hybridized carbons (Fsp3) is 0.529. The van der Waals surface area contributed by atoms with Crippen molar-refractivity contribution >= 4 is 36.6 Å². The minimum absolute atomic E-state index is 0. The Morgan fingerprint density at radius 3 is 2.56 bits per heavy atom. The van der Waals surface area contributed by atoms with Crippen LogP contribution >= 0.6 is 24.8 Å². The molecular formula is C17H28Cl2N4O2. The molecule has 1 fully saturated rings. The average molecular weight is 391 g/mol. The van der Waals surface area contributed by atoms with E-state index in [9.17, 15) is 9.59 Å². The molecule has 1 aliphatic heterocycles. The number of nitrogens with one attached hydrogen (secondary N) is 1. The molecule has 1 heterocycles. The summed E-state index contributed by atoms with van der Waals surface area (Å²) in [5.41, 5.74) is 7.07.